The predicted octanol–water partition coefficient (Wildman–Crippen LogP) is 3.85. The molecule has 0 aliphatic heterocycles. The lowest BCUT2D eigenvalue weighted by Crippen LogP contribution is -2.17. The number of carbonyl (C=O) groups excluding carboxylic acids is 1. The van der Waals surface area contributed by atoms with Crippen LogP contribution in [-0.2, 0) is 4.79 Å². The van der Waals surface area contributed by atoms with Crippen LogP contribution in [0.15, 0.2) is 42.5 Å². The van der Waals surface area contributed by atoms with Crippen molar-refractivity contribution in [3.05, 3.63) is 53.9 Å². The fourth-order valence-corrected chi connectivity index (χ4v) is 4.19. The minimum Gasteiger partial charge on any atom is -0.481 e. The van der Waals surface area contributed by atoms with Crippen molar-refractivity contribution in [1.82, 2.24) is 9.55 Å². The van der Waals surface area contributed by atoms with Crippen LogP contribution in [-0.4, -0.2) is 32.9 Å². The van der Waals surface area contributed by atoms with E-state index in [1.807, 2.05) is 13.8 Å². The SMILES string of the molecule is CC1(C)[C@@H](C(=O)O)[C@@H]1c1cccc(-n2c(C(N)=O)cc3ccc(OC(F)(F)F)cc32)n1. The summed E-state index contributed by atoms with van der Waals surface area (Å²) in [5.74, 6) is -2.90. The van der Waals surface area contributed by atoms with E-state index in [2.05, 4.69) is 9.72 Å². The van der Waals surface area contributed by atoms with Gasteiger partial charge in [0.2, 0.25) is 0 Å². The Morgan fingerprint density at radius 3 is 2.48 bits per heavy atom. The summed E-state index contributed by atoms with van der Waals surface area (Å²) in [7, 11) is 0. The number of nitrogens with two attached hydrogens (primary N) is 1. The molecule has 2 atom stereocenters. The number of hydrogen-bond acceptors (Lipinski definition) is 4. The first kappa shape index (κ1) is 20.7. The lowest BCUT2D eigenvalue weighted by molar-refractivity contribution is -0.274. The van der Waals surface area contributed by atoms with Crippen molar-refractivity contribution >= 4 is 22.8 Å². The van der Waals surface area contributed by atoms with Gasteiger partial charge in [-0.1, -0.05) is 19.9 Å². The molecule has 0 spiro atoms. The molecule has 0 radical (unpaired) electrons. The third-order valence-electron chi connectivity index (χ3n) is 5.66. The van der Waals surface area contributed by atoms with Crippen molar-refractivity contribution < 1.29 is 32.6 Å². The lowest BCUT2D eigenvalue weighted by atomic mass is 10.1. The van der Waals surface area contributed by atoms with Crippen LogP contribution in [0.3, 0.4) is 0 Å². The van der Waals surface area contributed by atoms with Gasteiger partial charge in [-0.15, -0.1) is 13.2 Å². The van der Waals surface area contributed by atoms with Crippen LogP contribution in [0.2, 0.25) is 0 Å². The zero-order valence-corrected chi connectivity index (χ0v) is 16.5. The van der Waals surface area contributed by atoms with E-state index in [-0.39, 0.29) is 22.9 Å². The number of alkyl halides is 3. The maximum absolute atomic E-state index is 12.7. The smallest absolute Gasteiger partial charge is 0.481 e. The van der Waals surface area contributed by atoms with E-state index in [0.29, 0.717) is 11.1 Å². The molecule has 1 amide bonds. The Bertz CT molecular complexity index is 1220. The quantitative estimate of drug-likeness (QED) is 0.636. The van der Waals surface area contributed by atoms with Crippen LogP contribution in [0, 0.1) is 11.3 Å². The number of rotatable bonds is 5. The predicted molar refractivity (Wildman–Crippen MR) is 104 cm³/mol. The number of ether oxygens (including phenoxy) is 1. The monoisotopic (exact) mass is 433 g/mol. The average molecular weight is 433 g/mol. The molecule has 0 unspecified atom stereocenters. The number of carboxylic acids is 1. The van der Waals surface area contributed by atoms with Crippen LogP contribution in [0.25, 0.3) is 16.7 Å². The van der Waals surface area contributed by atoms with E-state index >= 15 is 0 Å². The largest absolute Gasteiger partial charge is 0.573 e. The zero-order chi connectivity index (χ0) is 22.7. The standard InChI is InChI=1S/C21H18F3N3O4/c1-20(2)16(17(20)19(29)30)12-4-3-5-15(26-12)27-13-9-11(31-21(22,23)24)7-6-10(13)8-14(27)18(25)28/h3-9,16-17H,1-2H3,(H2,25,28)(H,29,30)/t16-,17+/m0/s1. The molecular formula is C21H18F3N3O4. The van der Waals surface area contributed by atoms with Crippen LogP contribution >= 0.6 is 0 Å². The molecular weight excluding hydrogens is 415 g/mol. The molecule has 3 aromatic rings. The van der Waals surface area contributed by atoms with Crippen molar-refractivity contribution in [2.45, 2.75) is 26.1 Å². The summed E-state index contributed by atoms with van der Waals surface area (Å²) in [6, 6.07) is 10.0. The number of hydrogen-bond donors (Lipinski definition) is 2. The van der Waals surface area contributed by atoms with Gasteiger partial charge in [-0.3, -0.25) is 14.2 Å². The number of aliphatic carboxylic acids is 1. The molecule has 0 saturated heterocycles. The number of carboxylic acid groups (broad SMARTS) is 1. The van der Waals surface area contributed by atoms with Gasteiger partial charge in [0.25, 0.3) is 5.91 Å². The fourth-order valence-electron chi connectivity index (χ4n) is 4.19. The van der Waals surface area contributed by atoms with Gasteiger partial charge in [0, 0.05) is 23.1 Å². The summed E-state index contributed by atoms with van der Waals surface area (Å²) in [6.45, 7) is 3.65. The summed E-state index contributed by atoms with van der Waals surface area (Å²) in [5, 5.41) is 9.92. The number of pyridine rings is 1. The van der Waals surface area contributed by atoms with E-state index in [9.17, 15) is 27.9 Å². The van der Waals surface area contributed by atoms with E-state index in [4.69, 9.17) is 5.73 Å². The molecule has 7 nitrogen and oxygen atoms in total. The molecule has 4 rings (SSSR count). The first-order valence-corrected chi connectivity index (χ1v) is 9.31. The number of nitrogens with zero attached hydrogens (tertiary/aromatic N) is 2. The highest BCUT2D eigenvalue weighted by molar-refractivity contribution is 5.99. The maximum atomic E-state index is 12.7. The third-order valence-corrected chi connectivity index (χ3v) is 5.66. The first-order chi connectivity index (χ1) is 14.4. The van der Waals surface area contributed by atoms with E-state index in [1.54, 1.807) is 18.2 Å². The fraction of sp³-hybridized carbons (Fsp3) is 0.286. The second kappa shape index (κ2) is 6.73. The van der Waals surface area contributed by atoms with Crippen LogP contribution in [0.4, 0.5) is 13.2 Å². The normalized spacial score (nSPS) is 19.9. The van der Waals surface area contributed by atoms with Gasteiger partial charge in [-0.2, -0.15) is 0 Å². The Morgan fingerprint density at radius 1 is 1.19 bits per heavy atom. The molecule has 31 heavy (non-hydrogen) atoms. The van der Waals surface area contributed by atoms with Crippen LogP contribution < -0.4 is 10.5 Å². The number of benzene rings is 1. The molecule has 1 aliphatic rings. The number of carbonyl (C=O) groups is 2. The second-order valence-corrected chi connectivity index (χ2v) is 8.03. The van der Waals surface area contributed by atoms with E-state index in [1.165, 1.54) is 16.7 Å². The molecule has 10 heteroatoms. The molecule has 1 fully saturated rings. The number of aromatic nitrogens is 2. The highest BCUT2D eigenvalue weighted by Crippen LogP contribution is 2.64. The second-order valence-electron chi connectivity index (χ2n) is 8.03. The topological polar surface area (TPSA) is 107 Å². The van der Waals surface area contributed by atoms with Gasteiger partial charge in [0.05, 0.1) is 11.4 Å². The molecule has 0 bridgehead atoms. The highest BCUT2D eigenvalue weighted by Gasteiger charge is 2.63. The Hall–Kier alpha value is -3.56. The zero-order valence-electron chi connectivity index (χ0n) is 16.5. The molecule has 3 N–H and O–H groups in total. The number of amides is 1. The van der Waals surface area contributed by atoms with Gasteiger partial charge in [0.1, 0.15) is 17.3 Å². The number of halogens is 3. The molecule has 2 aromatic heterocycles. The van der Waals surface area contributed by atoms with Gasteiger partial charge >= 0.3 is 12.3 Å². The lowest BCUT2D eigenvalue weighted by Gasteiger charge is -2.12. The summed E-state index contributed by atoms with van der Waals surface area (Å²) in [5.41, 5.74) is 5.76. The summed E-state index contributed by atoms with van der Waals surface area (Å²) >= 11 is 0. The molecule has 1 aromatic carbocycles. The van der Waals surface area contributed by atoms with Gasteiger partial charge < -0.3 is 15.6 Å². The minimum atomic E-state index is -4.88. The van der Waals surface area contributed by atoms with Crippen molar-refractivity contribution in [2.75, 3.05) is 0 Å². The Morgan fingerprint density at radius 2 is 1.90 bits per heavy atom. The maximum Gasteiger partial charge on any atom is 0.573 e. The van der Waals surface area contributed by atoms with E-state index < -0.39 is 35.3 Å². The summed E-state index contributed by atoms with van der Waals surface area (Å²) < 4.78 is 43.3. The van der Waals surface area contributed by atoms with Gasteiger partial charge in [-0.05, 0) is 35.7 Å². The first-order valence-electron chi connectivity index (χ1n) is 9.31. The van der Waals surface area contributed by atoms with Crippen LogP contribution in [0.1, 0.15) is 35.9 Å². The molecule has 1 saturated carbocycles. The van der Waals surface area contributed by atoms with Gasteiger partial charge in [-0.25, -0.2) is 4.98 Å². The minimum absolute atomic E-state index is 0.0219. The molecule has 2 heterocycles. The Labute approximate surface area is 174 Å². The Kier molecular flexibility index (Phi) is 4.49. The van der Waals surface area contributed by atoms with Crippen molar-refractivity contribution in [3.8, 4) is 11.6 Å². The van der Waals surface area contributed by atoms with Crippen molar-refractivity contribution in [1.29, 1.82) is 0 Å². The Balaban J connectivity index is 1.85. The van der Waals surface area contributed by atoms with Crippen molar-refractivity contribution in [2.24, 2.45) is 17.1 Å². The number of primary amides is 1. The highest BCUT2D eigenvalue weighted by atomic mass is 19.4. The summed E-state index contributed by atoms with van der Waals surface area (Å²) in [6.07, 6.45) is -4.88. The summed E-state index contributed by atoms with van der Waals surface area (Å²) in [4.78, 5) is 28.1. The number of fused-ring (bicyclic) bond motifs is 1. The molecule has 162 valence electrons. The van der Waals surface area contributed by atoms with Crippen LogP contribution in [0.5, 0.6) is 5.75 Å². The van der Waals surface area contributed by atoms with Crippen molar-refractivity contribution in [3.63, 3.8) is 0 Å². The third kappa shape index (κ3) is 3.58. The van der Waals surface area contributed by atoms with Gasteiger partial charge in [0.15, 0.2) is 0 Å². The van der Waals surface area contributed by atoms with E-state index in [0.717, 1.165) is 12.1 Å². The molecule has 1 aliphatic carbocycles. The average Bonchev–Trinajstić information content (AvgIpc) is 3.04.